The molecule has 0 aliphatic heterocycles. The summed E-state index contributed by atoms with van der Waals surface area (Å²) in [6.45, 7) is 4.66. The molecular formula is C14H26N4. The summed E-state index contributed by atoms with van der Waals surface area (Å²) < 4.78 is 1.76. The lowest BCUT2D eigenvalue weighted by atomic mass is 9.85. The van der Waals surface area contributed by atoms with E-state index in [1.807, 2.05) is 13.2 Å². The van der Waals surface area contributed by atoms with Gasteiger partial charge in [-0.05, 0) is 31.1 Å². The number of aryl methyl sites for hydroxylation is 1. The van der Waals surface area contributed by atoms with Crippen molar-refractivity contribution >= 4 is 0 Å². The van der Waals surface area contributed by atoms with Gasteiger partial charge in [0.25, 0.3) is 0 Å². The van der Waals surface area contributed by atoms with Crippen molar-refractivity contribution in [2.45, 2.75) is 57.9 Å². The highest BCUT2D eigenvalue weighted by Gasteiger charge is 2.31. The molecular weight excluding hydrogens is 224 g/mol. The van der Waals surface area contributed by atoms with Crippen LogP contribution in [-0.4, -0.2) is 20.5 Å². The summed E-state index contributed by atoms with van der Waals surface area (Å²) >= 11 is 0. The Hall–Kier alpha value is -0.900. The molecule has 1 fully saturated rings. The molecule has 0 radical (unpaired) electrons. The lowest BCUT2D eigenvalue weighted by molar-refractivity contribution is 0.320. The van der Waals surface area contributed by atoms with Gasteiger partial charge in [0, 0.05) is 25.2 Å². The smallest absolute Gasteiger partial charge is 0.0845 e. The first-order valence-corrected chi connectivity index (χ1v) is 7.13. The zero-order chi connectivity index (χ0) is 13.2. The van der Waals surface area contributed by atoms with Crippen molar-refractivity contribution in [1.82, 2.24) is 15.0 Å². The Morgan fingerprint density at radius 2 is 2.22 bits per heavy atom. The molecule has 0 amide bonds. The first kappa shape index (κ1) is 13.5. The summed E-state index contributed by atoms with van der Waals surface area (Å²) in [4.78, 5) is 0. The lowest BCUT2D eigenvalue weighted by Crippen LogP contribution is -2.41. The minimum absolute atomic E-state index is 0.0698. The Labute approximate surface area is 110 Å². The minimum atomic E-state index is -0.0698. The maximum Gasteiger partial charge on any atom is 0.0845 e. The SMILES string of the molecule is CC(C)C1CCCC(N)(Cc2cn(C)nn2)CC1. The number of hydrogen-bond acceptors (Lipinski definition) is 3. The predicted molar refractivity (Wildman–Crippen MR) is 73.0 cm³/mol. The molecule has 0 spiro atoms. The zero-order valence-electron chi connectivity index (χ0n) is 11.9. The van der Waals surface area contributed by atoms with E-state index in [1.165, 1.54) is 19.3 Å². The molecule has 4 nitrogen and oxygen atoms in total. The van der Waals surface area contributed by atoms with Gasteiger partial charge in [-0.2, -0.15) is 0 Å². The van der Waals surface area contributed by atoms with Crippen LogP contribution in [0.15, 0.2) is 6.20 Å². The van der Waals surface area contributed by atoms with Crippen molar-refractivity contribution < 1.29 is 0 Å². The van der Waals surface area contributed by atoms with Crippen molar-refractivity contribution in [3.05, 3.63) is 11.9 Å². The van der Waals surface area contributed by atoms with Crippen molar-refractivity contribution in [3.63, 3.8) is 0 Å². The molecule has 2 atom stereocenters. The fourth-order valence-corrected chi connectivity index (χ4v) is 3.14. The van der Waals surface area contributed by atoms with Gasteiger partial charge >= 0.3 is 0 Å². The monoisotopic (exact) mass is 250 g/mol. The fraction of sp³-hybridized carbons (Fsp3) is 0.857. The van der Waals surface area contributed by atoms with Crippen LogP contribution in [0.3, 0.4) is 0 Å². The number of rotatable bonds is 3. The Bertz CT molecular complexity index is 385. The summed E-state index contributed by atoms with van der Waals surface area (Å²) in [6, 6.07) is 0. The molecule has 1 aliphatic carbocycles. The van der Waals surface area contributed by atoms with E-state index < -0.39 is 0 Å². The Morgan fingerprint density at radius 3 is 2.83 bits per heavy atom. The van der Waals surface area contributed by atoms with Gasteiger partial charge in [0.15, 0.2) is 0 Å². The third-order valence-corrected chi connectivity index (χ3v) is 4.39. The molecule has 0 bridgehead atoms. The molecule has 1 aromatic heterocycles. The topological polar surface area (TPSA) is 56.7 Å². The van der Waals surface area contributed by atoms with E-state index >= 15 is 0 Å². The highest BCUT2D eigenvalue weighted by Crippen LogP contribution is 2.34. The maximum absolute atomic E-state index is 6.59. The Kier molecular flexibility index (Phi) is 4.05. The normalized spacial score (nSPS) is 29.5. The van der Waals surface area contributed by atoms with Gasteiger partial charge in [0.2, 0.25) is 0 Å². The van der Waals surface area contributed by atoms with E-state index in [0.717, 1.165) is 36.8 Å². The fourth-order valence-electron chi connectivity index (χ4n) is 3.14. The molecule has 0 saturated heterocycles. The first-order valence-electron chi connectivity index (χ1n) is 7.13. The van der Waals surface area contributed by atoms with Gasteiger partial charge in [-0.25, -0.2) is 0 Å². The van der Waals surface area contributed by atoms with Gasteiger partial charge in [0.1, 0.15) is 0 Å². The Balaban J connectivity index is 1.98. The van der Waals surface area contributed by atoms with Crippen LogP contribution in [0, 0.1) is 11.8 Å². The van der Waals surface area contributed by atoms with Crippen LogP contribution in [0.25, 0.3) is 0 Å². The molecule has 102 valence electrons. The third-order valence-electron chi connectivity index (χ3n) is 4.39. The minimum Gasteiger partial charge on any atom is -0.325 e. The molecule has 0 aromatic carbocycles. The van der Waals surface area contributed by atoms with E-state index in [-0.39, 0.29) is 5.54 Å². The number of hydrogen-bond donors (Lipinski definition) is 1. The van der Waals surface area contributed by atoms with Crippen LogP contribution in [0.2, 0.25) is 0 Å². The quantitative estimate of drug-likeness (QED) is 0.837. The van der Waals surface area contributed by atoms with Crippen LogP contribution in [-0.2, 0) is 13.5 Å². The van der Waals surface area contributed by atoms with Crippen LogP contribution < -0.4 is 5.73 Å². The van der Waals surface area contributed by atoms with Crippen molar-refractivity contribution in [3.8, 4) is 0 Å². The molecule has 1 saturated carbocycles. The lowest BCUT2D eigenvalue weighted by Gasteiger charge is -2.27. The van der Waals surface area contributed by atoms with E-state index in [2.05, 4.69) is 24.2 Å². The Morgan fingerprint density at radius 1 is 1.44 bits per heavy atom. The largest absolute Gasteiger partial charge is 0.325 e. The summed E-state index contributed by atoms with van der Waals surface area (Å²) in [6.07, 6.45) is 8.93. The molecule has 2 rings (SSSR count). The van der Waals surface area contributed by atoms with Crippen molar-refractivity contribution in [1.29, 1.82) is 0 Å². The highest BCUT2D eigenvalue weighted by molar-refractivity contribution is 5.02. The van der Waals surface area contributed by atoms with Gasteiger partial charge in [0.05, 0.1) is 5.69 Å². The summed E-state index contributed by atoms with van der Waals surface area (Å²) in [5, 5.41) is 8.16. The second-order valence-electron chi connectivity index (χ2n) is 6.36. The zero-order valence-corrected chi connectivity index (χ0v) is 11.9. The molecule has 4 heteroatoms. The number of aromatic nitrogens is 3. The van der Waals surface area contributed by atoms with E-state index in [4.69, 9.17) is 5.73 Å². The molecule has 2 N–H and O–H groups in total. The number of nitrogens with two attached hydrogens (primary N) is 1. The predicted octanol–water partition coefficient (Wildman–Crippen LogP) is 2.29. The second-order valence-corrected chi connectivity index (χ2v) is 6.36. The second kappa shape index (κ2) is 5.39. The molecule has 18 heavy (non-hydrogen) atoms. The molecule has 1 aliphatic rings. The summed E-state index contributed by atoms with van der Waals surface area (Å²) in [5.41, 5.74) is 7.55. The molecule has 1 heterocycles. The maximum atomic E-state index is 6.59. The van der Waals surface area contributed by atoms with E-state index in [0.29, 0.717) is 0 Å². The average molecular weight is 250 g/mol. The van der Waals surface area contributed by atoms with Crippen LogP contribution in [0.4, 0.5) is 0 Å². The number of nitrogens with zero attached hydrogens (tertiary/aromatic N) is 3. The van der Waals surface area contributed by atoms with Crippen molar-refractivity contribution in [2.24, 2.45) is 24.6 Å². The van der Waals surface area contributed by atoms with Crippen molar-refractivity contribution in [2.75, 3.05) is 0 Å². The standard InChI is InChI=1S/C14H26N4/c1-11(2)12-5-4-7-14(15,8-6-12)9-13-10-18(3)17-16-13/h10-12H,4-9,15H2,1-3H3. The average Bonchev–Trinajstić information content (AvgIpc) is 2.58. The van der Waals surface area contributed by atoms with E-state index in [9.17, 15) is 0 Å². The van der Waals surface area contributed by atoms with Gasteiger partial charge in [-0.3, -0.25) is 4.68 Å². The molecule has 1 aromatic rings. The van der Waals surface area contributed by atoms with Gasteiger partial charge < -0.3 is 5.73 Å². The van der Waals surface area contributed by atoms with Crippen LogP contribution >= 0.6 is 0 Å². The van der Waals surface area contributed by atoms with E-state index in [1.54, 1.807) is 4.68 Å². The van der Waals surface area contributed by atoms with Crippen LogP contribution in [0.5, 0.6) is 0 Å². The van der Waals surface area contributed by atoms with Gasteiger partial charge in [-0.1, -0.05) is 31.9 Å². The van der Waals surface area contributed by atoms with Gasteiger partial charge in [-0.15, -0.1) is 5.10 Å². The third kappa shape index (κ3) is 3.31. The first-order chi connectivity index (χ1) is 8.48. The van der Waals surface area contributed by atoms with Crippen LogP contribution in [0.1, 0.15) is 51.6 Å². The summed E-state index contributed by atoms with van der Waals surface area (Å²) in [7, 11) is 1.90. The molecule has 2 unspecified atom stereocenters. The summed E-state index contributed by atoms with van der Waals surface area (Å²) in [5.74, 6) is 1.63. The highest BCUT2D eigenvalue weighted by atomic mass is 15.4.